The highest BCUT2D eigenvalue weighted by Crippen LogP contribution is 2.36. The standard InChI is InChI=1S/C23H29NO12/c1-11(25)30-9-18-17(7-6-16(8-24)35-18)20-22(33-14(4)28)23(34-15(5)29)21(32-13(3)27)19(36-20)10-31-12(2)26/h6-7,16-23H,9-10H2,1-5H3/t16-,17+,18-,19-,20+,21+,22+,23+/m1/s1. The number of rotatable bonds is 8. The summed E-state index contributed by atoms with van der Waals surface area (Å²) in [5.74, 6) is -4.31. The van der Waals surface area contributed by atoms with Crippen LogP contribution in [0.25, 0.3) is 0 Å². The quantitative estimate of drug-likeness (QED) is 0.245. The molecule has 13 heteroatoms. The van der Waals surface area contributed by atoms with Crippen molar-refractivity contribution in [2.75, 3.05) is 13.2 Å². The summed E-state index contributed by atoms with van der Waals surface area (Å²) in [6, 6.07) is 1.93. The topological polar surface area (TPSA) is 174 Å². The van der Waals surface area contributed by atoms with Gasteiger partial charge in [0.1, 0.15) is 31.5 Å². The molecule has 0 aliphatic carbocycles. The van der Waals surface area contributed by atoms with E-state index < -0.39 is 78.5 Å². The fraction of sp³-hybridized carbons (Fsp3) is 0.652. The number of carbonyl (C=O) groups excluding carboxylic acids is 5. The first kappa shape index (κ1) is 28.7. The molecule has 0 aromatic carbocycles. The lowest BCUT2D eigenvalue weighted by Crippen LogP contribution is -2.65. The number of hydrogen-bond acceptors (Lipinski definition) is 13. The summed E-state index contributed by atoms with van der Waals surface area (Å²) in [6.07, 6.45) is -5.10. The van der Waals surface area contributed by atoms with E-state index >= 15 is 0 Å². The third-order valence-corrected chi connectivity index (χ3v) is 5.24. The van der Waals surface area contributed by atoms with Crippen molar-refractivity contribution in [2.24, 2.45) is 5.92 Å². The highest BCUT2D eigenvalue weighted by molar-refractivity contribution is 5.69. The van der Waals surface area contributed by atoms with Crippen molar-refractivity contribution in [3.8, 4) is 6.07 Å². The molecule has 1 fully saturated rings. The minimum absolute atomic E-state index is 0.268. The summed E-state index contributed by atoms with van der Waals surface area (Å²) in [7, 11) is 0. The maximum Gasteiger partial charge on any atom is 0.303 e. The van der Waals surface area contributed by atoms with Gasteiger partial charge in [0.15, 0.2) is 24.4 Å². The van der Waals surface area contributed by atoms with Crippen molar-refractivity contribution in [1.82, 2.24) is 0 Å². The molecule has 36 heavy (non-hydrogen) atoms. The van der Waals surface area contributed by atoms with Crippen LogP contribution in [0.4, 0.5) is 0 Å². The molecule has 2 heterocycles. The molecule has 0 amide bonds. The van der Waals surface area contributed by atoms with Gasteiger partial charge in [-0.2, -0.15) is 5.26 Å². The Morgan fingerprint density at radius 3 is 1.69 bits per heavy atom. The van der Waals surface area contributed by atoms with Crippen LogP contribution in [-0.4, -0.2) is 85.8 Å². The van der Waals surface area contributed by atoms with Gasteiger partial charge in [0.2, 0.25) is 0 Å². The molecule has 0 spiro atoms. The van der Waals surface area contributed by atoms with Gasteiger partial charge in [0.05, 0.1) is 6.07 Å². The van der Waals surface area contributed by atoms with Crippen molar-refractivity contribution < 1.29 is 57.1 Å². The van der Waals surface area contributed by atoms with Gasteiger partial charge in [-0.25, -0.2) is 0 Å². The maximum absolute atomic E-state index is 12.0. The number of nitrogens with zero attached hydrogens (tertiary/aromatic N) is 1. The molecule has 13 nitrogen and oxygen atoms in total. The molecule has 8 atom stereocenters. The van der Waals surface area contributed by atoms with Crippen molar-refractivity contribution in [3.63, 3.8) is 0 Å². The van der Waals surface area contributed by atoms with E-state index in [1.54, 1.807) is 6.08 Å². The Labute approximate surface area is 207 Å². The number of carbonyl (C=O) groups is 5. The molecular formula is C23H29NO12. The van der Waals surface area contributed by atoms with E-state index in [-0.39, 0.29) is 13.2 Å². The Hall–Kier alpha value is -3.50. The van der Waals surface area contributed by atoms with Crippen molar-refractivity contribution >= 4 is 29.8 Å². The van der Waals surface area contributed by atoms with Crippen molar-refractivity contribution in [2.45, 2.75) is 77.3 Å². The van der Waals surface area contributed by atoms with E-state index in [4.69, 9.17) is 33.2 Å². The van der Waals surface area contributed by atoms with E-state index in [2.05, 4.69) is 0 Å². The maximum atomic E-state index is 12.0. The number of hydrogen-bond donors (Lipinski definition) is 0. The monoisotopic (exact) mass is 511 g/mol. The highest BCUT2D eigenvalue weighted by Gasteiger charge is 2.55. The fourth-order valence-corrected chi connectivity index (χ4v) is 3.99. The molecule has 2 aliphatic rings. The lowest BCUT2D eigenvalue weighted by Gasteiger charge is -2.48. The van der Waals surface area contributed by atoms with Gasteiger partial charge in [0.25, 0.3) is 0 Å². The Morgan fingerprint density at radius 2 is 1.19 bits per heavy atom. The zero-order valence-electron chi connectivity index (χ0n) is 20.5. The van der Waals surface area contributed by atoms with Crippen LogP contribution in [0.15, 0.2) is 12.2 Å². The molecule has 1 saturated heterocycles. The molecule has 0 radical (unpaired) electrons. The van der Waals surface area contributed by atoms with Gasteiger partial charge in [-0.15, -0.1) is 0 Å². The lowest BCUT2D eigenvalue weighted by molar-refractivity contribution is -0.265. The summed E-state index contributed by atoms with van der Waals surface area (Å²) in [5, 5.41) is 9.29. The fourth-order valence-electron chi connectivity index (χ4n) is 3.99. The second-order valence-corrected chi connectivity index (χ2v) is 8.15. The van der Waals surface area contributed by atoms with Crippen LogP contribution in [0.5, 0.6) is 0 Å². The molecular weight excluding hydrogens is 482 g/mol. The average Bonchev–Trinajstić information content (AvgIpc) is 2.78. The van der Waals surface area contributed by atoms with Crippen molar-refractivity contribution in [1.29, 1.82) is 5.26 Å². The molecule has 0 N–H and O–H groups in total. The smallest absolute Gasteiger partial charge is 0.303 e. The molecule has 2 rings (SSSR count). The summed E-state index contributed by atoms with van der Waals surface area (Å²) in [4.78, 5) is 58.8. The van der Waals surface area contributed by atoms with E-state index in [1.165, 1.54) is 19.9 Å². The van der Waals surface area contributed by atoms with Crippen LogP contribution < -0.4 is 0 Å². The third-order valence-electron chi connectivity index (χ3n) is 5.24. The van der Waals surface area contributed by atoms with Gasteiger partial charge in [0, 0.05) is 40.5 Å². The van der Waals surface area contributed by atoms with Crippen LogP contribution in [0.1, 0.15) is 34.6 Å². The first-order chi connectivity index (χ1) is 16.9. The number of nitriles is 1. The van der Waals surface area contributed by atoms with E-state index in [0.29, 0.717) is 0 Å². The Kier molecular flexibility index (Phi) is 10.4. The van der Waals surface area contributed by atoms with Crippen LogP contribution in [0.2, 0.25) is 0 Å². The zero-order valence-corrected chi connectivity index (χ0v) is 20.5. The molecule has 0 aromatic rings. The third kappa shape index (κ3) is 8.03. The van der Waals surface area contributed by atoms with Gasteiger partial charge < -0.3 is 33.2 Å². The largest absolute Gasteiger partial charge is 0.463 e. The number of esters is 5. The van der Waals surface area contributed by atoms with Gasteiger partial charge in [-0.05, 0) is 6.08 Å². The first-order valence-electron chi connectivity index (χ1n) is 11.1. The summed E-state index contributed by atoms with van der Waals surface area (Å²) < 4.78 is 38.3. The van der Waals surface area contributed by atoms with Crippen LogP contribution >= 0.6 is 0 Å². The molecule has 2 aliphatic heterocycles. The molecule has 0 aromatic heterocycles. The van der Waals surface area contributed by atoms with E-state index in [1.807, 2.05) is 6.07 Å². The predicted octanol–water partition coefficient (Wildman–Crippen LogP) is 0.138. The SMILES string of the molecule is CC(=O)OC[C@H]1O[C@@H](C#N)C=C[C@@H]1[C@@H]1O[C@H](COC(C)=O)[C@H](OC(C)=O)[C@H](OC(C)=O)[C@H]1OC(C)=O. The van der Waals surface area contributed by atoms with Crippen LogP contribution in [0, 0.1) is 17.2 Å². The highest BCUT2D eigenvalue weighted by atomic mass is 16.7. The average molecular weight is 511 g/mol. The van der Waals surface area contributed by atoms with Gasteiger partial charge in [-0.3, -0.25) is 24.0 Å². The van der Waals surface area contributed by atoms with Crippen LogP contribution in [0.3, 0.4) is 0 Å². The minimum atomic E-state index is -1.36. The summed E-state index contributed by atoms with van der Waals surface area (Å²) >= 11 is 0. The predicted molar refractivity (Wildman–Crippen MR) is 115 cm³/mol. The number of ether oxygens (including phenoxy) is 7. The van der Waals surface area contributed by atoms with E-state index in [0.717, 1.165) is 20.8 Å². The lowest BCUT2D eigenvalue weighted by atomic mass is 9.83. The minimum Gasteiger partial charge on any atom is -0.463 e. The van der Waals surface area contributed by atoms with Crippen LogP contribution in [-0.2, 0) is 57.1 Å². The molecule has 0 bridgehead atoms. The van der Waals surface area contributed by atoms with E-state index in [9.17, 15) is 29.2 Å². The summed E-state index contributed by atoms with van der Waals surface area (Å²) in [5.41, 5.74) is 0. The first-order valence-corrected chi connectivity index (χ1v) is 11.1. The summed E-state index contributed by atoms with van der Waals surface area (Å²) in [6.45, 7) is 5.08. The van der Waals surface area contributed by atoms with Crippen molar-refractivity contribution in [3.05, 3.63) is 12.2 Å². The second-order valence-electron chi connectivity index (χ2n) is 8.15. The van der Waals surface area contributed by atoms with Gasteiger partial charge >= 0.3 is 29.8 Å². The second kappa shape index (κ2) is 13.0. The normalized spacial score (nSPS) is 31.3. The Balaban J connectivity index is 2.56. The van der Waals surface area contributed by atoms with Gasteiger partial charge in [-0.1, -0.05) is 6.08 Å². The molecule has 0 unspecified atom stereocenters. The Bertz CT molecular complexity index is 925. The molecule has 0 saturated carbocycles. The Morgan fingerprint density at radius 1 is 0.694 bits per heavy atom. The molecule has 198 valence electrons. The zero-order chi connectivity index (χ0) is 27.0.